The first-order chi connectivity index (χ1) is 15.0. The Labute approximate surface area is 175 Å². The largest absolute Gasteiger partial charge is 0.486 e. The van der Waals surface area contributed by atoms with Gasteiger partial charge < -0.3 is 23.1 Å². The van der Waals surface area contributed by atoms with E-state index in [0.717, 1.165) is 5.39 Å². The SMILES string of the molecule is O=C(CCOCCCOc1c2occc2cc2ccc(=O)oc12)ON1C(=O)CCC1=O. The summed E-state index contributed by atoms with van der Waals surface area (Å²) in [5, 5.41) is 2.04. The van der Waals surface area contributed by atoms with Gasteiger partial charge in [-0.3, -0.25) is 9.59 Å². The molecule has 1 aromatic carbocycles. The predicted molar refractivity (Wildman–Crippen MR) is 105 cm³/mol. The smallest absolute Gasteiger partial charge is 0.336 e. The van der Waals surface area contributed by atoms with Crippen molar-refractivity contribution in [2.24, 2.45) is 0 Å². The van der Waals surface area contributed by atoms with Crippen LogP contribution in [-0.4, -0.2) is 42.7 Å². The van der Waals surface area contributed by atoms with Crippen LogP contribution in [0, 0.1) is 0 Å². The Hall–Kier alpha value is -3.66. The van der Waals surface area contributed by atoms with E-state index in [9.17, 15) is 19.2 Å². The number of imide groups is 1. The number of fused-ring (bicyclic) bond motifs is 2. The number of rotatable bonds is 9. The van der Waals surface area contributed by atoms with E-state index < -0.39 is 23.4 Å². The number of carbonyl (C=O) groups excluding carboxylic acids is 3. The van der Waals surface area contributed by atoms with Gasteiger partial charge >= 0.3 is 11.6 Å². The average molecular weight is 429 g/mol. The van der Waals surface area contributed by atoms with Gasteiger partial charge in [0.2, 0.25) is 5.75 Å². The zero-order valence-corrected chi connectivity index (χ0v) is 16.5. The summed E-state index contributed by atoms with van der Waals surface area (Å²) in [7, 11) is 0. The van der Waals surface area contributed by atoms with Crippen molar-refractivity contribution < 1.29 is 37.5 Å². The van der Waals surface area contributed by atoms with Crippen molar-refractivity contribution in [2.45, 2.75) is 25.7 Å². The van der Waals surface area contributed by atoms with Gasteiger partial charge in [0.15, 0.2) is 11.2 Å². The van der Waals surface area contributed by atoms with Crippen LogP contribution < -0.4 is 10.4 Å². The lowest BCUT2D eigenvalue weighted by molar-refractivity contribution is -0.198. The summed E-state index contributed by atoms with van der Waals surface area (Å²) >= 11 is 0. The number of furan rings is 1. The fourth-order valence-electron chi connectivity index (χ4n) is 3.14. The molecule has 0 aliphatic carbocycles. The highest BCUT2D eigenvalue weighted by molar-refractivity contribution is 6.01. The van der Waals surface area contributed by atoms with Crippen LogP contribution in [0.2, 0.25) is 0 Å². The molecule has 0 atom stereocenters. The molecule has 0 bridgehead atoms. The van der Waals surface area contributed by atoms with E-state index in [4.69, 9.17) is 23.1 Å². The quantitative estimate of drug-likeness (QED) is 0.286. The number of hydrogen-bond acceptors (Lipinski definition) is 9. The molecule has 10 heteroatoms. The van der Waals surface area contributed by atoms with Crippen molar-refractivity contribution in [3.05, 3.63) is 40.9 Å². The standard InChI is InChI=1S/C21H19NO9/c23-15-3-4-16(24)22(15)31-18(26)7-10-27-8-1-9-28-21-19-14(6-11-29-19)12-13-2-5-17(25)30-20(13)21/h2,5-6,11-12H,1,3-4,7-10H2. The number of benzene rings is 1. The molecule has 2 amide bonds. The van der Waals surface area contributed by atoms with E-state index in [2.05, 4.69) is 0 Å². The van der Waals surface area contributed by atoms with Crippen molar-refractivity contribution in [2.75, 3.05) is 19.8 Å². The maximum Gasteiger partial charge on any atom is 0.336 e. The van der Waals surface area contributed by atoms with Crippen LogP contribution in [0.3, 0.4) is 0 Å². The molecule has 0 unspecified atom stereocenters. The summed E-state index contributed by atoms with van der Waals surface area (Å²) in [6.07, 6.45) is 2.02. The number of hydrogen-bond donors (Lipinski definition) is 0. The molecular weight excluding hydrogens is 410 g/mol. The highest BCUT2D eigenvalue weighted by atomic mass is 16.7. The Bertz CT molecular complexity index is 1180. The second-order valence-corrected chi connectivity index (χ2v) is 6.83. The molecule has 1 fully saturated rings. The maximum absolute atomic E-state index is 11.7. The summed E-state index contributed by atoms with van der Waals surface area (Å²) in [5.74, 6) is -1.41. The lowest BCUT2D eigenvalue weighted by Gasteiger charge is -2.12. The summed E-state index contributed by atoms with van der Waals surface area (Å²) in [6.45, 7) is 0.625. The average Bonchev–Trinajstić information content (AvgIpc) is 3.34. The summed E-state index contributed by atoms with van der Waals surface area (Å²) in [6, 6.07) is 6.63. The first kappa shape index (κ1) is 20.6. The fraction of sp³-hybridized carbons (Fsp3) is 0.333. The van der Waals surface area contributed by atoms with Crippen LogP contribution in [0.5, 0.6) is 5.75 Å². The van der Waals surface area contributed by atoms with E-state index >= 15 is 0 Å². The molecule has 0 spiro atoms. The molecule has 0 saturated carbocycles. The zero-order chi connectivity index (χ0) is 21.8. The Balaban J connectivity index is 1.23. The topological polar surface area (TPSA) is 125 Å². The molecule has 0 radical (unpaired) electrons. The minimum Gasteiger partial charge on any atom is -0.486 e. The minimum atomic E-state index is -0.717. The number of hydroxylamine groups is 2. The molecule has 4 rings (SSSR count). The van der Waals surface area contributed by atoms with E-state index in [1.807, 2.05) is 6.07 Å². The lowest BCUT2D eigenvalue weighted by Crippen LogP contribution is -2.32. The van der Waals surface area contributed by atoms with Crippen molar-refractivity contribution in [1.29, 1.82) is 0 Å². The van der Waals surface area contributed by atoms with Gasteiger partial charge in [-0.1, -0.05) is 0 Å². The van der Waals surface area contributed by atoms with Gasteiger partial charge in [0, 0.05) is 42.7 Å². The highest BCUT2D eigenvalue weighted by Crippen LogP contribution is 2.34. The third-order valence-corrected chi connectivity index (χ3v) is 4.61. The summed E-state index contributed by atoms with van der Waals surface area (Å²) < 4.78 is 21.9. The molecule has 1 aliphatic heterocycles. The molecule has 162 valence electrons. The third kappa shape index (κ3) is 4.58. The predicted octanol–water partition coefficient (Wildman–Crippen LogP) is 2.32. The van der Waals surface area contributed by atoms with Crippen LogP contribution >= 0.6 is 0 Å². The van der Waals surface area contributed by atoms with Gasteiger partial charge in [-0.05, 0) is 18.2 Å². The molecule has 10 nitrogen and oxygen atoms in total. The molecule has 2 aromatic heterocycles. The first-order valence-corrected chi connectivity index (χ1v) is 9.74. The van der Waals surface area contributed by atoms with Crippen molar-refractivity contribution in [1.82, 2.24) is 5.06 Å². The van der Waals surface area contributed by atoms with Crippen LogP contribution in [0.4, 0.5) is 0 Å². The van der Waals surface area contributed by atoms with Gasteiger partial charge in [0.1, 0.15) is 0 Å². The van der Waals surface area contributed by atoms with Crippen LogP contribution in [0.1, 0.15) is 25.7 Å². The Kier molecular flexibility index (Phi) is 5.99. The molecule has 3 heterocycles. The number of amides is 2. The molecule has 1 saturated heterocycles. The Morgan fingerprint density at radius 3 is 2.55 bits per heavy atom. The third-order valence-electron chi connectivity index (χ3n) is 4.61. The second-order valence-electron chi connectivity index (χ2n) is 6.83. The van der Waals surface area contributed by atoms with Gasteiger partial charge in [-0.2, -0.15) is 0 Å². The molecule has 3 aromatic rings. The van der Waals surface area contributed by atoms with E-state index in [1.54, 1.807) is 12.1 Å². The Morgan fingerprint density at radius 1 is 0.968 bits per heavy atom. The fourth-order valence-corrected chi connectivity index (χ4v) is 3.14. The molecular formula is C21H19NO9. The lowest BCUT2D eigenvalue weighted by atomic mass is 10.1. The summed E-state index contributed by atoms with van der Waals surface area (Å²) in [5.41, 5.74) is 0.303. The van der Waals surface area contributed by atoms with E-state index in [0.29, 0.717) is 40.4 Å². The van der Waals surface area contributed by atoms with Crippen molar-refractivity contribution >= 4 is 39.7 Å². The molecule has 31 heavy (non-hydrogen) atoms. The molecule has 0 N–H and O–H groups in total. The van der Waals surface area contributed by atoms with E-state index in [1.165, 1.54) is 12.3 Å². The summed E-state index contributed by atoms with van der Waals surface area (Å²) in [4.78, 5) is 50.9. The first-order valence-electron chi connectivity index (χ1n) is 9.74. The number of ether oxygens (including phenoxy) is 2. The highest BCUT2D eigenvalue weighted by Gasteiger charge is 2.32. The van der Waals surface area contributed by atoms with Gasteiger partial charge in [0.25, 0.3) is 11.8 Å². The van der Waals surface area contributed by atoms with Gasteiger partial charge in [0.05, 0.1) is 25.9 Å². The monoisotopic (exact) mass is 429 g/mol. The van der Waals surface area contributed by atoms with Gasteiger partial charge in [-0.25, -0.2) is 9.59 Å². The number of carbonyl (C=O) groups is 3. The zero-order valence-electron chi connectivity index (χ0n) is 16.5. The van der Waals surface area contributed by atoms with Crippen molar-refractivity contribution in [3.63, 3.8) is 0 Å². The second kappa shape index (κ2) is 9.00. The minimum absolute atomic E-state index is 0.0486. The molecule has 1 aliphatic rings. The Morgan fingerprint density at radius 2 is 1.74 bits per heavy atom. The van der Waals surface area contributed by atoms with Gasteiger partial charge in [-0.15, -0.1) is 5.06 Å². The van der Waals surface area contributed by atoms with E-state index in [-0.39, 0.29) is 32.5 Å². The maximum atomic E-state index is 11.7. The number of nitrogens with zero attached hydrogens (tertiary/aromatic N) is 1. The van der Waals surface area contributed by atoms with Crippen LogP contribution in [0.15, 0.2) is 44.2 Å². The normalized spacial score (nSPS) is 14.0. The van der Waals surface area contributed by atoms with Crippen LogP contribution in [0.25, 0.3) is 21.9 Å². The van der Waals surface area contributed by atoms with Crippen molar-refractivity contribution in [3.8, 4) is 5.75 Å². The van der Waals surface area contributed by atoms with Crippen LogP contribution in [-0.2, 0) is 24.0 Å².